The Kier molecular flexibility index (Phi) is 6.17. The molecule has 7 nitrogen and oxygen atoms in total. The number of ether oxygens (including phenoxy) is 1. The van der Waals surface area contributed by atoms with Gasteiger partial charge in [0.2, 0.25) is 0 Å². The lowest BCUT2D eigenvalue weighted by molar-refractivity contribution is -0.118. The van der Waals surface area contributed by atoms with Gasteiger partial charge in [-0.2, -0.15) is 5.10 Å². The zero-order valence-corrected chi connectivity index (χ0v) is 18.7. The zero-order valence-electron chi connectivity index (χ0n) is 16.4. The third-order valence-electron chi connectivity index (χ3n) is 4.58. The van der Waals surface area contributed by atoms with Crippen LogP contribution in [0.3, 0.4) is 0 Å². The number of halogens is 2. The first-order chi connectivity index (χ1) is 13.4. The molecule has 29 heavy (non-hydrogen) atoms. The Balaban J connectivity index is 1.76. The number of nitrogens with zero attached hydrogens (tertiary/aromatic N) is 2. The first-order valence-electron chi connectivity index (χ1n) is 9.13. The smallest absolute Gasteiger partial charge is 0.263 e. The minimum absolute atomic E-state index is 0.0119. The highest BCUT2D eigenvalue weighted by Crippen LogP contribution is 2.31. The van der Waals surface area contributed by atoms with E-state index < -0.39 is 15.7 Å². The van der Waals surface area contributed by atoms with Gasteiger partial charge in [-0.25, -0.2) is 13.1 Å². The molecular formula is C19H23Cl2N3O4S. The molecule has 10 heteroatoms. The van der Waals surface area contributed by atoms with Crippen molar-refractivity contribution in [2.24, 2.45) is 0 Å². The summed E-state index contributed by atoms with van der Waals surface area (Å²) in [6.07, 6.45) is 0.466. The van der Waals surface area contributed by atoms with E-state index in [1.807, 2.05) is 20.8 Å². The van der Waals surface area contributed by atoms with Crippen molar-refractivity contribution in [3.05, 3.63) is 40.0 Å². The second kappa shape index (κ2) is 8.16. The highest BCUT2D eigenvalue weighted by molar-refractivity contribution is 7.91. The van der Waals surface area contributed by atoms with Crippen LogP contribution in [0.2, 0.25) is 10.0 Å². The molecule has 2 heterocycles. The number of hydrogen-bond acceptors (Lipinski definition) is 5. The maximum atomic E-state index is 12.5. The Morgan fingerprint density at radius 2 is 2.03 bits per heavy atom. The number of sulfone groups is 1. The Morgan fingerprint density at radius 3 is 2.62 bits per heavy atom. The summed E-state index contributed by atoms with van der Waals surface area (Å²) in [4.78, 5) is 12.5. The van der Waals surface area contributed by atoms with Crippen LogP contribution in [0.5, 0.6) is 5.75 Å². The fraction of sp³-hybridized carbons (Fsp3) is 0.474. The molecule has 0 bridgehead atoms. The van der Waals surface area contributed by atoms with Gasteiger partial charge in [0.1, 0.15) is 11.6 Å². The lowest BCUT2D eigenvalue weighted by atomic mass is 9.92. The number of amides is 1. The number of aromatic nitrogens is 2. The van der Waals surface area contributed by atoms with Crippen molar-refractivity contribution in [1.82, 2.24) is 9.78 Å². The molecule has 1 N–H and O–H groups in total. The standard InChI is InChI=1S/C19H23Cl2N3O4S/c1-19(2,3)16-9-17(24(23-16)13-6-7-29(26,27)11-13)22-18(25)10-28-15-5-4-12(20)8-14(15)21/h4-5,8-9,13H,6-7,10-11H2,1-3H3,(H,22,25)/t13-/m1/s1. The predicted octanol–water partition coefficient (Wildman–Crippen LogP) is 3.86. The van der Waals surface area contributed by atoms with Crippen LogP contribution in [0, 0.1) is 0 Å². The molecule has 3 rings (SSSR count). The van der Waals surface area contributed by atoms with Crippen molar-refractivity contribution < 1.29 is 17.9 Å². The summed E-state index contributed by atoms with van der Waals surface area (Å²) in [6, 6.07) is 6.20. The number of carbonyl (C=O) groups is 1. The van der Waals surface area contributed by atoms with Crippen LogP contribution in [0.15, 0.2) is 24.3 Å². The molecule has 1 saturated heterocycles. The third kappa shape index (κ3) is 5.43. The lowest BCUT2D eigenvalue weighted by Crippen LogP contribution is -2.24. The lowest BCUT2D eigenvalue weighted by Gasteiger charge is -2.15. The van der Waals surface area contributed by atoms with Gasteiger partial charge in [0.05, 0.1) is 28.3 Å². The summed E-state index contributed by atoms with van der Waals surface area (Å²) in [5.74, 6) is 0.523. The average molecular weight is 460 g/mol. The maximum Gasteiger partial charge on any atom is 0.263 e. The first-order valence-corrected chi connectivity index (χ1v) is 11.7. The molecule has 1 aromatic heterocycles. The van der Waals surface area contributed by atoms with Crippen LogP contribution in [-0.2, 0) is 20.0 Å². The van der Waals surface area contributed by atoms with E-state index in [1.165, 1.54) is 6.07 Å². The van der Waals surface area contributed by atoms with Crippen LogP contribution in [0.4, 0.5) is 5.82 Å². The van der Waals surface area contributed by atoms with Crippen molar-refractivity contribution in [1.29, 1.82) is 0 Å². The van der Waals surface area contributed by atoms with Gasteiger partial charge in [-0.1, -0.05) is 44.0 Å². The van der Waals surface area contributed by atoms with E-state index in [0.29, 0.717) is 28.0 Å². The van der Waals surface area contributed by atoms with Crippen molar-refractivity contribution in [2.45, 2.75) is 38.6 Å². The summed E-state index contributed by atoms with van der Waals surface area (Å²) in [7, 11) is -3.09. The number of anilines is 1. The third-order valence-corrected chi connectivity index (χ3v) is 6.86. The molecule has 0 saturated carbocycles. The van der Waals surface area contributed by atoms with E-state index in [-0.39, 0.29) is 29.6 Å². The van der Waals surface area contributed by atoms with Crippen LogP contribution < -0.4 is 10.1 Å². The molecular weight excluding hydrogens is 437 g/mol. The summed E-state index contributed by atoms with van der Waals surface area (Å²) < 4.78 is 30.9. The van der Waals surface area contributed by atoms with E-state index >= 15 is 0 Å². The summed E-state index contributed by atoms with van der Waals surface area (Å²) in [5.41, 5.74) is 0.508. The fourth-order valence-electron chi connectivity index (χ4n) is 3.02. The fourth-order valence-corrected chi connectivity index (χ4v) is 5.17. The molecule has 1 aliphatic rings. The SMILES string of the molecule is CC(C)(C)c1cc(NC(=O)COc2ccc(Cl)cc2Cl)n([C@@H]2CCS(=O)(=O)C2)n1. The summed E-state index contributed by atoms with van der Waals surface area (Å²) >= 11 is 11.9. The normalized spacial score (nSPS) is 18.6. The van der Waals surface area contributed by atoms with Crippen molar-refractivity contribution >= 4 is 44.8 Å². The van der Waals surface area contributed by atoms with Gasteiger partial charge in [-0.3, -0.25) is 4.79 Å². The van der Waals surface area contributed by atoms with E-state index in [1.54, 1.807) is 22.9 Å². The maximum absolute atomic E-state index is 12.5. The van der Waals surface area contributed by atoms with E-state index in [2.05, 4.69) is 10.4 Å². The van der Waals surface area contributed by atoms with Gasteiger partial charge in [-0.15, -0.1) is 0 Å². The van der Waals surface area contributed by atoms with Gasteiger partial charge in [-0.05, 0) is 24.6 Å². The zero-order chi connectivity index (χ0) is 21.4. The van der Waals surface area contributed by atoms with E-state index in [4.69, 9.17) is 27.9 Å². The first kappa shape index (κ1) is 21.9. The van der Waals surface area contributed by atoms with Gasteiger partial charge in [0.15, 0.2) is 16.4 Å². The van der Waals surface area contributed by atoms with Crippen molar-refractivity contribution in [2.75, 3.05) is 23.4 Å². The Morgan fingerprint density at radius 1 is 1.31 bits per heavy atom. The minimum Gasteiger partial charge on any atom is -0.482 e. The monoisotopic (exact) mass is 459 g/mol. The minimum atomic E-state index is -3.09. The van der Waals surface area contributed by atoms with Gasteiger partial charge in [0.25, 0.3) is 5.91 Å². The molecule has 0 radical (unpaired) electrons. The van der Waals surface area contributed by atoms with Crippen LogP contribution in [-0.4, -0.2) is 42.2 Å². The Labute approximate surface area is 180 Å². The molecule has 0 unspecified atom stereocenters. The number of nitrogens with one attached hydrogen (secondary N) is 1. The highest BCUT2D eigenvalue weighted by atomic mass is 35.5. The Bertz CT molecular complexity index is 1030. The van der Waals surface area contributed by atoms with Crippen molar-refractivity contribution in [3.8, 4) is 5.75 Å². The molecule has 0 spiro atoms. The van der Waals surface area contributed by atoms with Crippen molar-refractivity contribution in [3.63, 3.8) is 0 Å². The average Bonchev–Trinajstić information content (AvgIpc) is 3.17. The molecule has 158 valence electrons. The topological polar surface area (TPSA) is 90.3 Å². The van der Waals surface area contributed by atoms with Gasteiger partial charge < -0.3 is 10.1 Å². The number of hydrogen-bond donors (Lipinski definition) is 1. The van der Waals surface area contributed by atoms with Gasteiger partial charge >= 0.3 is 0 Å². The van der Waals surface area contributed by atoms with E-state index in [0.717, 1.165) is 5.69 Å². The molecule has 1 aromatic carbocycles. The van der Waals surface area contributed by atoms with Crippen LogP contribution >= 0.6 is 23.2 Å². The van der Waals surface area contributed by atoms with Crippen LogP contribution in [0.25, 0.3) is 0 Å². The highest BCUT2D eigenvalue weighted by Gasteiger charge is 2.32. The second-order valence-corrected chi connectivity index (χ2v) is 11.2. The number of carbonyl (C=O) groups excluding carboxylic acids is 1. The molecule has 1 atom stereocenters. The molecule has 0 aliphatic carbocycles. The van der Waals surface area contributed by atoms with Crippen LogP contribution in [0.1, 0.15) is 38.9 Å². The number of benzene rings is 1. The predicted molar refractivity (Wildman–Crippen MR) is 114 cm³/mol. The summed E-state index contributed by atoms with van der Waals surface area (Å²) in [6.45, 7) is 5.74. The van der Waals surface area contributed by atoms with E-state index in [9.17, 15) is 13.2 Å². The van der Waals surface area contributed by atoms with Gasteiger partial charge in [0, 0.05) is 16.5 Å². The molecule has 1 fully saturated rings. The number of rotatable bonds is 5. The Hall–Kier alpha value is -1.77. The molecule has 1 aliphatic heterocycles. The largest absolute Gasteiger partial charge is 0.482 e. The second-order valence-electron chi connectivity index (χ2n) is 8.08. The molecule has 1 amide bonds. The quantitative estimate of drug-likeness (QED) is 0.732. The summed E-state index contributed by atoms with van der Waals surface area (Å²) in [5, 5.41) is 8.14. The molecule has 2 aromatic rings.